The summed E-state index contributed by atoms with van der Waals surface area (Å²) in [6.45, 7) is 0. The van der Waals surface area contributed by atoms with Crippen molar-refractivity contribution in [1.29, 1.82) is 5.26 Å². The molecule has 1 atom stereocenters. The number of carbonyl (C=O) groups excluding carboxylic acids is 1. The van der Waals surface area contributed by atoms with E-state index in [-0.39, 0.29) is 5.02 Å². The Morgan fingerprint density at radius 2 is 2.30 bits per heavy atom. The van der Waals surface area contributed by atoms with Crippen LogP contribution in [0.4, 0.5) is 10.5 Å². The number of carbonyl (C=O) groups is 2. The van der Waals surface area contributed by atoms with Gasteiger partial charge in [-0.2, -0.15) is 5.26 Å². The van der Waals surface area contributed by atoms with Gasteiger partial charge in [-0.3, -0.25) is 0 Å². The molecule has 1 heterocycles. The SMILES string of the molecule is N#Cc1ccc(NC(=O)N2CSC[C@H]2C(=O)O)c(Cl)c1. The smallest absolute Gasteiger partial charge is 0.327 e. The van der Waals surface area contributed by atoms with Gasteiger partial charge in [0.15, 0.2) is 0 Å². The molecule has 6 nitrogen and oxygen atoms in total. The van der Waals surface area contributed by atoms with Crippen molar-refractivity contribution < 1.29 is 14.7 Å². The van der Waals surface area contributed by atoms with Gasteiger partial charge in [0, 0.05) is 5.75 Å². The number of nitrogens with zero attached hydrogens (tertiary/aromatic N) is 2. The van der Waals surface area contributed by atoms with Crippen molar-refractivity contribution in [2.45, 2.75) is 6.04 Å². The van der Waals surface area contributed by atoms with Crippen LogP contribution in [-0.2, 0) is 4.79 Å². The Labute approximate surface area is 124 Å². The fourth-order valence-corrected chi connectivity index (χ4v) is 3.09. The Bertz CT molecular complexity index is 602. The van der Waals surface area contributed by atoms with Gasteiger partial charge in [-0.25, -0.2) is 9.59 Å². The Morgan fingerprint density at radius 1 is 1.55 bits per heavy atom. The minimum absolute atomic E-state index is 0.233. The number of amides is 2. The molecule has 0 saturated carbocycles. The summed E-state index contributed by atoms with van der Waals surface area (Å²) in [5.41, 5.74) is 0.727. The Kier molecular flexibility index (Phi) is 4.37. The van der Waals surface area contributed by atoms with Crippen LogP contribution in [0.5, 0.6) is 0 Å². The second kappa shape index (κ2) is 6.03. The minimum Gasteiger partial charge on any atom is -0.480 e. The summed E-state index contributed by atoms with van der Waals surface area (Å²) >= 11 is 7.33. The molecule has 2 rings (SSSR count). The molecule has 1 aliphatic rings. The van der Waals surface area contributed by atoms with Crippen LogP contribution in [-0.4, -0.2) is 39.7 Å². The van der Waals surface area contributed by atoms with Crippen molar-refractivity contribution in [1.82, 2.24) is 4.90 Å². The lowest BCUT2D eigenvalue weighted by atomic mass is 10.2. The Balaban J connectivity index is 2.12. The van der Waals surface area contributed by atoms with E-state index < -0.39 is 18.0 Å². The molecule has 1 aliphatic heterocycles. The van der Waals surface area contributed by atoms with Crippen molar-refractivity contribution >= 4 is 41.1 Å². The van der Waals surface area contributed by atoms with Crippen molar-refractivity contribution in [3.8, 4) is 6.07 Å². The molecule has 1 aromatic rings. The molecule has 104 valence electrons. The third kappa shape index (κ3) is 2.98. The van der Waals surface area contributed by atoms with Crippen molar-refractivity contribution in [2.75, 3.05) is 16.9 Å². The third-order valence-corrected chi connectivity index (χ3v) is 4.09. The van der Waals surface area contributed by atoms with E-state index in [2.05, 4.69) is 5.32 Å². The van der Waals surface area contributed by atoms with E-state index in [0.29, 0.717) is 22.9 Å². The molecule has 2 amide bonds. The maximum absolute atomic E-state index is 12.1. The molecule has 0 bridgehead atoms. The van der Waals surface area contributed by atoms with E-state index in [0.717, 1.165) is 0 Å². The van der Waals surface area contributed by atoms with Crippen molar-refractivity contribution in [2.24, 2.45) is 0 Å². The van der Waals surface area contributed by atoms with E-state index in [1.54, 1.807) is 0 Å². The van der Waals surface area contributed by atoms with Gasteiger partial charge in [0.05, 0.1) is 28.2 Å². The number of hydrogen-bond donors (Lipinski definition) is 2. The zero-order chi connectivity index (χ0) is 14.7. The summed E-state index contributed by atoms with van der Waals surface area (Å²) in [5.74, 6) is -0.350. The van der Waals surface area contributed by atoms with Gasteiger partial charge in [-0.05, 0) is 18.2 Å². The van der Waals surface area contributed by atoms with E-state index >= 15 is 0 Å². The van der Waals surface area contributed by atoms with Crippen LogP contribution < -0.4 is 5.32 Å². The number of anilines is 1. The second-order valence-corrected chi connectivity index (χ2v) is 5.47. The highest BCUT2D eigenvalue weighted by atomic mass is 35.5. The highest BCUT2D eigenvalue weighted by Crippen LogP contribution is 2.26. The van der Waals surface area contributed by atoms with Crippen LogP contribution >= 0.6 is 23.4 Å². The topological polar surface area (TPSA) is 93.4 Å². The molecule has 0 aliphatic carbocycles. The molecule has 0 unspecified atom stereocenters. The average Bonchev–Trinajstić information content (AvgIpc) is 2.90. The standard InChI is InChI=1S/C12H10ClN3O3S/c13-8-3-7(4-14)1-2-9(8)15-12(19)16-6-20-5-10(16)11(17)18/h1-3,10H,5-6H2,(H,15,19)(H,17,18)/t10-/m0/s1. The maximum Gasteiger partial charge on any atom is 0.327 e. The fraction of sp³-hybridized carbons (Fsp3) is 0.250. The van der Waals surface area contributed by atoms with Crippen molar-refractivity contribution in [3.63, 3.8) is 0 Å². The van der Waals surface area contributed by atoms with Gasteiger partial charge in [0.1, 0.15) is 6.04 Å². The number of benzene rings is 1. The molecule has 0 aromatic heterocycles. The van der Waals surface area contributed by atoms with E-state index in [4.69, 9.17) is 22.0 Å². The third-order valence-electron chi connectivity index (χ3n) is 2.77. The predicted molar refractivity (Wildman–Crippen MR) is 75.8 cm³/mol. The van der Waals surface area contributed by atoms with Gasteiger partial charge in [-0.1, -0.05) is 11.6 Å². The van der Waals surface area contributed by atoms with Crippen molar-refractivity contribution in [3.05, 3.63) is 28.8 Å². The zero-order valence-corrected chi connectivity index (χ0v) is 11.7. The first-order valence-electron chi connectivity index (χ1n) is 5.60. The number of carboxylic acid groups (broad SMARTS) is 1. The summed E-state index contributed by atoms with van der Waals surface area (Å²) in [5, 5.41) is 20.5. The van der Waals surface area contributed by atoms with Crippen LogP contribution in [0.3, 0.4) is 0 Å². The highest BCUT2D eigenvalue weighted by molar-refractivity contribution is 7.99. The lowest BCUT2D eigenvalue weighted by Gasteiger charge is -2.21. The van der Waals surface area contributed by atoms with E-state index in [1.165, 1.54) is 34.9 Å². The average molecular weight is 312 g/mol. The number of rotatable bonds is 2. The van der Waals surface area contributed by atoms with Gasteiger partial charge >= 0.3 is 12.0 Å². The highest BCUT2D eigenvalue weighted by Gasteiger charge is 2.34. The Morgan fingerprint density at radius 3 is 2.90 bits per heavy atom. The van der Waals surface area contributed by atoms with Gasteiger partial charge in [0.25, 0.3) is 0 Å². The lowest BCUT2D eigenvalue weighted by Crippen LogP contribution is -2.44. The van der Waals surface area contributed by atoms with Crippen LogP contribution in [0.1, 0.15) is 5.56 Å². The molecule has 8 heteroatoms. The largest absolute Gasteiger partial charge is 0.480 e. The number of urea groups is 1. The van der Waals surface area contributed by atoms with Crippen LogP contribution in [0, 0.1) is 11.3 Å². The summed E-state index contributed by atoms with van der Waals surface area (Å²) in [6.07, 6.45) is 0. The maximum atomic E-state index is 12.1. The number of nitrogens with one attached hydrogen (secondary N) is 1. The fourth-order valence-electron chi connectivity index (χ4n) is 1.72. The second-order valence-electron chi connectivity index (χ2n) is 4.06. The number of halogens is 1. The number of carboxylic acids is 1. The molecule has 1 aromatic carbocycles. The molecular formula is C12H10ClN3O3S. The monoisotopic (exact) mass is 311 g/mol. The number of hydrogen-bond acceptors (Lipinski definition) is 4. The van der Waals surface area contributed by atoms with Gasteiger partial charge < -0.3 is 15.3 Å². The van der Waals surface area contributed by atoms with E-state index in [9.17, 15) is 9.59 Å². The molecule has 20 heavy (non-hydrogen) atoms. The van der Waals surface area contributed by atoms with Gasteiger partial charge in [0.2, 0.25) is 0 Å². The van der Waals surface area contributed by atoms with Crippen LogP contribution in [0.25, 0.3) is 0 Å². The molecule has 0 radical (unpaired) electrons. The summed E-state index contributed by atoms with van der Waals surface area (Å²) < 4.78 is 0. The number of aliphatic carboxylic acids is 1. The summed E-state index contributed by atoms with van der Waals surface area (Å²) in [6, 6.07) is 5.05. The summed E-state index contributed by atoms with van der Waals surface area (Å²) in [4.78, 5) is 24.3. The predicted octanol–water partition coefficient (Wildman–Crippen LogP) is 2.20. The van der Waals surface area contributed by atoms with E-state index in [1.807, 2.05) is 6.07 Å². The quantitative estimate of drug-likeness (QED) is 0.873. The first kappa shape index (κ1) is 14.5. The molecule has 2 N–H and O–H groups in total. The first-order valence-corrected chi connectivity index (χ1v) is 7.14. The molecule has 1 fully saturated rings. The first-order chi connectivity index (χ1) is 9.52. The lowest BCUT2D eigenvalue weighted by molar-refractivity contribution is -0.140. The molecule has 0 spiro atoms. The molecular weight excluding hydrogens is 302 g/mol. The zero-order valence-electron chi connectivity index (χ0n) is 10.2. The Hall–Kier alpha value is -1.91. The minimum atomic E-state index is -1.03. The van der Waals surface area contributed by atoms with Gasteiger partial charge in [-0.15, -0.1) is 11.8 Å². The number of thioether (sulfide) groups is 1. The summed E-state index contributed by atoms with van der Waals surface area (Å²) in [7, 11) is 0. The normalized spacial score (nSPS) is 17.6. The number of nitriles is 1. The molecule has 1 saturated heterocycles. The van der Waals surface area contributed by atoms with Crippen LogP contribution in [0.2, 0.25) is 5.02 Å². The van der Waals surface area contributed by atoms with Crippen LogP contribution in [0.15, 0.2) is 18.2 Å².